The predicted molar refractivity (Wildman–Crippen MR) is 101 cm³/mol. The molecule has 0 N–H and O–H groups in total. The van der Waals surface area contributed by atoms with Crippen LogP contribution >= 0.6 is 0 Å². The van der Waals surface area contributed by atoms with Crippen LogP contribution in [-0.2, 0) is 22.8 Å². The zero-order valence-corrected chi connectivity index (χ0v) is 15.2. The highest BCUT2D eigenvalue weighted by atomic mass is 16.7. The van der Waals surface area contributed by atoms with Crippen LogP contribution in [0.3, 0.4) is 0 Å². The van der Waals surface area contributed by atoms with Gasteiger partial charge in [0.15, 0.2) is 0 Å². The molecule has 26 heavy (non-hydrogen) atoms. The Hall–Kier alpha value is -2.66. The Labute approximate surface area is 154 Å². The van der Waals surface area contributed by atoms with Crippen LogP contribution in [0.15, 0.2) is 59.6 Å². The molecular weight excluding hydrogens is 328 g/mol. The van der Waals surface area contributed by atoms with E-state index in [1.807, 2.05) is 54.6 Å². The van der Waals surface area contributed by atoms with Gasteiger partial charge in [0.25, 0.3) is 5.91 Å². The van der Waals surface area contributed by atoms with Crippen molar-refractivity contribution in [2.75, 3.05) is 13.7 Å². The Kier molecular flexibility index (Phi) is 6.02. The normalized spacial score (nSPS) is 18.5. The number of nitrogens with zero attached hydrogens (tertiary/aromatic N) is 2. The molecule has 5 heteroatoms. The summed E-state index contributed by atoms with van der Waals surface area (Å²) in [5.41, 5.74) is 2.69. The van der Waals surface area contributed by atoms with Crippen LogP contribution in [0.2, 0.25) is 0 Å². The molecule has 5 nitrogen and oxygen atoms in total. The van der Waals surface area contributed by atoms with E-state index in [4.69, 9.17) is 9.57 Å². The third kappa shape index (κ3) is 4.29. The molecule has 2 aromatic carbocycles. The summed E-state index contributed by atoms with van der Waals surface area (Å²) in [5.74, 6) is 0.795. The molecule has 1 aliphatic heterocycles. The number of hydrogen-bond acceptors (Lipinski definition) is 4. The number of benzene rings is 2. The SMILES string of the molecule is CCC1CN(OCc2ccccc2)C(=O)C1=NCc1ccc(OC)cc1. The minimum Gasteiger partial charge on any atom is -0.497 e. The number of hydroxylamine groups is 2. The van der Waals surface area contributed by atoms with E-state index in [-0.39, 0.29) is 11.8 Å². The molecule has 3 rings (SSSR count). The number of aliphatic imine (C=N–C) groups is 1. The molecular formula is C21H24N2O3. The highest BCUT2D eigenvalue weighted by Crippen LogP contribution is 2.21. The third-order valence-corrected chi connectivity index (χ3v) is 4.53. The molecule has 0 aliphatic carbocycles. The number of carbonyl (C=O) groups is 1. The quantitative estimate of drug-likeness (QED) is 0.764. The van der Waals surface area contributed by atoms with Crippen molar-refractivity contribution in [3.8, 4) is 5.75 Å². The van der Waals surface area contributed by atoms with Crippen LogP contribution < -0.4 is 4.74 Å². The molecule has 136 valence electrons. The maximum Gasteiger partial charge on any atom is 0.291 e. The lowest BCUT2D eigenvalue weighted by atomic mass is 10.0. The number of ether oxygens (including phenoxy) is 1. The fourth-order valence-electron chi connectivity index (χ4n) is 2.94. The Morgan fingerprint density at radius 2 is 1.81 bits per heavy atom. The predicted octanol–water partition coefficient (Wildman–Crippen LogP) is 3.64. The van der Waals surface area contributed by atoms with Crippen LogP contribution in [0.4, 0.5) is 0 Å². The standard InChI is InChI=1S/C21H24N2O3/c1-3-18-14-23(26-15-17-7-5-4-6-8-17)21(24)20(18)22-13-16-9-11-19(25-2)12-10-16/h4-12,18H,3,13-15H2,1-2H3. The lowest BCUT2D eigenvalue weighted by Gasteiger charge is -2.15. The van der Waals surface area contributed by atoms with Crippen molar-refractivity contribution in [3.63, 3.8) is 0 Å². The maximum absolute atomic E-state index is 12.7. The van der Waals surface area contributed by atoms with Gasteiger partial charge in [0.2, 0.25) is 0 Å². The van der Waals surface area contributed by atoms with Gasteiger partial charge >= 0.3 is 0 Å². The van der Waals surface area contributed by atoms with Gasteiger partial charge in [-0.25, -0.2) is 5.06 Å². The van der Waals surface area contributed by atoms with Gasteiger partial charge in [0, 0.05) is 5.92 Å². The number of carbonyl (C=O) groups excluding carboxylic acids is 1. The summed E-state index contributed by atoms with van der Waals surface area (Å²) in [5, 5.41) is 1.45. The first-order valence-corrected chi connectivity index (χ1v) is 8.87. The topological polar surface area (TPSA) is 51.1 Å². The van der Waals surface area contributed by atoms with Crippen LogP contribution in [0, 0.1) is 5.92 Å². The van der Waals surface area contributed by atoms with E-state index in [0.717, 1.165) is 23.3 Å². The second kappa shape index (κ2) is 8.63. The molecule has 0 radical (unpaired) electrons. The Morgan fingerprint density at radius 3 is 2.46 bits per heavy atom. The molecule has 1 fully saturated rings. The average Bonchev–Trinajstić information content (AvgIpc) is 3.01. The molecule has 1 amide bonds. The van der Waals surface area contributed by atoms with Gasteiger partial charge in [-0.1, -0.05) is 49.4 Å². The van der Waals surface area contributed by atoms with E-state index in [2.05, 4.69) is 11.9 Å². The smallest absolute Gasteiger partial charge is 0.291 e. The zero-order chi connectivity index (χ0) is 18.4. The molecule has 2 aromatic rings. The lowest BCUT2D eigenvalue weighted by molar-refractivity contribution is -0.180. The highest BCUT2D eigenvalue weighted by molar-refractivity contribution is 6.41. The minimum atomic E-state index is -0.124. The van der Waals surface area contributed by atoms with Crippen molar-refractivity contribution in [1.82, 2.24) is 5.06 Å². The number of hydrogen-bond donors (Lipinski definition) is 0. The van der Waals surface area contributed by atoms with Crippen molar-refractivity contribution >= 4 is 11.6 Å². The number of amides is 1. The molecule has 1 heterocycles. The maximum atomic E-state index is 12.7. The van der Waals surface area contributed by atoms with Crippen LogP contribution in [0.1, 0.15) is 24.5 Å². The zero-order valence-electron chi connectivity index (χ0n) is 15.2. The highest BCUT2D eigenvalue weighted by Gasteiger charge is 2.36. The lowest BCUT2D eigenvalue weighted by Crippen LogP contribution is -2.27. The largest absolute Gasteiger partial charge is 0.497 e. The van der Waals surface area contributed by atoms with Gasteiger partial charge < -0.3 is 4.74 Å². The van der Waals surface area contributed by atoms with Gasteiger partial charge in [-0.05, 0) is 29.7 Å². The summed E-state index contributed by atoms with van der Waals surface area (Å²) in [6.45, 7) is 3.49. The Bertz CT molecular complexity index is 757. The summed E-state index contributed by atoms with van der Waals surface area (Å²) in [6, 6.07) is 17.6. The molecule has 0 spiro atoms. The molecule has 0 aromatic heterocycles. The van der Waals surface area contributed by atoms with Gasteiger partial charge in [0.05, 0.1) is 20.2 Å². The van der Waals surface area contributed by atoms with Crippen molar-refractivity contribution in [2.45, 2.75) is 26.5 Å². The van der Waals surface area contributed by atoms with Crippen LogP contribution in [-0.4, -0.2) is 30.3 Å². The summed E-state index contributed by atoms with van der Waals surface area (Å²) >= 11 is 0. The van der Waals surface area contributed by atoms with Gasteiger partial charge in [-0.15, -0.1) is 0 Å². The molecule has 1 saturated heterocycles. The van der Waals surface area contributed by atoms with Crippen molar-refractivity contribution in [2.24, 2.45) is 10.9 Å². The van der Waals surface area contributed by atoms with Gasteiger partial charge in [-0.3, -0.25) is 14.6 Å². The molecule has 0 bridgehead atoms. The molecule has 0 saturated carbocycles. The van der Waals surface area contributed by atoms with Gasteiger partial charge in [0.1, 0.15) is 18.1 Å². The monoisotopic (exact) mass is 352 g/mol. The summed E-state index contributed by atoms with van der Waals surface area (Å²) in [7, 11) is 1.64. The van der Waals surface area contributed by atoms with E-state index in [9.17, 15) is 4.79 Å². The fourth-order valence-corrected chi connectivity index (χ4v) is 2.94. The van der Waals surface area contributed by atoms with Crippen molar-refractivity contribution in [1.29, 1.82) is 0 Å². The van der Waals surface area contributed by atoms with E-state index in [1.54, 1.807) is 7.11 Å². The van der Waals surface area contributed by atoms with Crippen LogP contribution in [0.25, 0.3) is 0 Å². The number of rotatable bonds is 7. The third-order valence-electron chi connectivity index (χ3n) is 4.53. The molecule has 1 aliphatic rings. The second-order valence-electron chi connectivity index (χ2n) is 6.28. The fraction of sp³-hybridized carbons (Fsp3) is 0.333. The summed E-state index contributed by atoms with van der Waals surface area (Å²) in [4.78, 5) is 23.0. The average molecular weight is 352 g/mol. The summed E-state index contributed by atoms with van der Waals surface area (Å²) in [6.07, 6.45) is 0.860. The van der Waals surface area contributed by atoms with E-state index in [0.29, 0.717) is 25.4 Å². The minimum absolute atomic E-state index is 0.108. The Morgan fingerprint density at radius 1 is 1.08 bits per heavy atom. The van der Waals surface area contributed by atoms with Crippen molar-refractivity contribution < 1.29 is 14.4 Å². The summed E-state index contributed by atoms with van der Waals surface area (Å²) < 4.78 is 5.16. The van der Waals surface area contributed by atoms with Gasteiger partial charge in [-0.2, -0.15) is 0 Å². The van der Waals surface area contributed by atoms with E-state index in [1.165, 1.54) is 5.06 Å². The molecule has 1 unspecified atom stereocenters. The first kappa shape index (κ1) is 18.1. The Balaban J connectivity index is 1.64. The van der Waals surface area contributed by atoms with E-state index < -0.39 is 0 Å². The van der Waals surface area contributed by atoms with Crippen LogP contribution in [0.5, 0.6) is 5.75 Å². The van der Waals surface area contributed by atoms with E-state index >= 15 is 0 Å². The number of methoxy groups -OCH3 is 1. The first-order valence-electron chi connectivity index (χ1n) is 8.87. The first-order chi connectivity index (χ1) is 12.7. The van der Waals surface area contributed by atoms with Crippen molar-refractivity contribution in [3.05, 3.63) is 65.7 Å². The second-order valence-corrected chi connectivity index (χ2v) is 6.28. The molecule has 1 atom stereocenters.